The van der Waals surface area contributed by atoms with Crippen LogP contribution in [0.2, 0.25) is 0 Å². The summed E-state index contributed by atoms with van der Waals surface area (Å²) in [7, 11) is 0. The Bertz CT molecular complexity index is 511. The third kappa shape index (κ3) is 4.06. The van der Waals surface area contributed by atoms with E-state index in [4.69, 9.17) is 5.84 Å². The average Bonchev–Trinajstić information content (AvgIpc) is 2.43. The molecule has 0 saturated heterocycles. The van der Waals surface area contributed by atoms with Gasteiger partial charge in [-0.3, -0.25) is 11.3 Å². The van der Waals surface area contributed by atoms with Gasteiger partial charge in [-0.2, -0.15) is 0 Å². The molecule has 0 bridgehead atoms. The summed E-state index contributed by atoms with van der Waals surface area (Å²) in [5, 5.41) is 0. The van der Waals surface area contributed by atoms with Crippen LogP contribution in [-0.2, 0) is 0 Å². The summed E-state index contributed by atoms with van der Waals surface area (Å²) in [5.74, 6) is 6.14. The van der Waals surface area contributed by atoms with Gasteiger partial charge in [0.2, 0.25) is 0 Å². The van der Waals surface area contributed by atoms with Gasteiger partial charge in [0, 0.05) is 10.6 Å². The molecule has 2 aromatic rings. The van der Waals surface area contributed by atoms with Gasteiger partial charge < -0.3 is 0 Å². The Morgan fingerprint density at radius 1 is 1.11 bits per heavy atom. The fourth-order valence-corrected chi connectivity index (χ4v) is 2.73. The van der Waals surface area contributed by atoms with Crippen LogP contribution in [0.5, 0.6) is 0 Å². The van der Waals surface area contributed by atoms with Gasteiger partial charge in [0.25, 0.3) is 0 Å². The molecule has 1 unspecified atom stereocenters. The third-order valence-corrected chi connectivity index (χ3v) is 4.02. The van der Waals surface area contributed by atoms with Gasteiger partial charge in [0.15, 0.2) is 0 Å². The molecule has 0 aliphatic rings. The highest BCUT2D eigenvalue weighted by Crippen LogP contribution is 2.24. The van der Waals surface area contributed by atoms with E-state index in [1.165, 1.54) is 22.6 Å². The van der Waals surface area contributed by atoms with Crippen molar-refractivity contribution in [3.8, 4) is 0 Å². The molecule has 1 atom stereocenters. The number of aryl methyl sites for hydroxylation is 1. The van der Waals surface area contributed by atoms with Crippen LogP contribution in [0.15, 0.2) is 53.4 Å². The normalized spacial score (nSPS) is 12.4. The number of thioether (sulfide) groups is 1. The van der Waals surface area contributed by atoms with E-state index in [2.05, 4.69) is 36.6 Å². The molecule has 3 N–H and O–H groups in total. The number of hydrogen-bond donors (Lipinski definition) is 2. The van der Waals surface area contributed by atoms with Crippen molar-refractivity contribution in [1.29, 1.82) is 0 Å². The van der Waals surface area contributed by atoms with Gasteiger partial charge in [-0.25, -0.2) is 4.39 Å². The highest BCUT2D eigenvalue weighted by molar-refractivity contribution is 7.99. The van der Waals surface area contributed by atoms with Crippen molar-refractivity contribution in [3.63, 3.8) is 0 Å². The minimum Gasteiger partial charge on any atom is -0.271 e. The summed E-state index contributed by atoms with van der Waals surface area (Å²) in [6, 6.07) is 14.8. The molecule has 4 heteroatoms. The van der Waals surface area contributed by atoms with Crippen LogP contribution >= 0.6 is 11.8 Å². The zero-order valence-corrected chi connectivity index (χ0v) is 11.6. The Labute approximate surface area is 117 Å². The molecule has 0 aliphatic carbocycles. The first-order chi connectivity index (χ1) is 9.19. The number of benzene rings is 2. The standard InChI is InChI=1S/C15H17FN2S/c1-11-2-8-14(9-3-11)19-10-15(18-17)12-4-6-13(16)7-5-12/h2-9,15,18H,10,17H2,1H3. The van der Waals surface area contributed by atoms with Crippen LogP contribution in [0.1, 0.15) is 17.2 Å². The van der Waals surface area contributed by atoms with E-state index < -0.39 is 0 Å². The lowest BCUT2D eigenvalue weighted by atomic mass is 10.1. The Morgan fingerprint density at radius 2 is 1.74 bits per heavy atom. The van der Waals surface area contributed by atoms with Crippen molar-refractivity contribution in [3.05, 3.63) is 65.5 Å². The fraction of sp³-hybridized carbons (Fsp3) is 0.200. The Hall–Kier alpha value is -1.36. The number of hydrazine groups is 1. The maximum atomic E-state index is 12.9. The Balaban J connectivity index is 1.99. The topological polar surface area (TPSA) is 38.0 Å². The second-order valence-corrected chi connectivity index (χ2v) is 5.49. The highest BCUT2D eigenvalue weighted by Gasteiger charge is 2.10. The molecular formula is C15H17FN2S. The van der Waals surface area contributed by atoms with Crippen LogP contribution in [0.4, 0.5) is 4.39 Å². The smallest absolute Gasteiger partial charge is 0.123 e. The molecule has 0 aliphatic heterocycles. The molecule has 2 aromatic carbocycles. The lowest BCUT2D eigenvalue weighted by Gasteiger charge is -2.16. The largest absolute Gasteiger partial charge is 0.271 e. The van der Waals surface area contributed by atoms with Crippen molar-refractivity contribution in [2.24, 2.45) is 5.84 Å². The van der Waals surface area contributed by atoms with Crippen LogP contribution in [0, 0.1) is 12.7 Å². The molecule has 19 heavy (non-hydrogen) atoms. The molecule has 2 nitrogen and oxygen atoms in total. The van der Waals surface area contributed by atoms with Gasteiger partial charge in [-0.15, -0.1) is 11.8 Å². The molecule has 0 spiro atoms. The summed E-state index contributed by atoms with van der Waals surface area (Å²) >= 11 is 1.72. The molecule has 0 heterocycles. The van der Waals surface area contributed by atoms with Gasteiger partial charge in [-0.05, 0) is 36.8 Å². The first kappa shape index (κ1) is 14.1. The molecule has 0 fully saturated rings. The van der Waals surface area contributed by atoms with E-state index in [1.807, 2.05) is 0 Å². The zero-order valence-electron chi connectivity index (χ0n) is 10.8. The monoisotopic (exact) mass is 276 g/mol. The Morgan fingerprint density at radius 3 is 2.32 bits per heavy atom. The highest BCUT2D eigenvalue weighted by atomic mass is 32.2. The van der Waals surface area contributed by atoms with Crippen molar-refractivity contribution >= 4 is 11.8 Å². The predicted octanol–water partition coefficient (Wildman–Crippen LogP) is 3.43. The summed E-state index contributed by atoms with van der Waals surface area (Å²) in [4.78, 5) is 1.20. The number of halogens is 1. The fourth-order valence-electron chi connectivity index (χ4n) is 1.75. The first-order valence-electron chi connectivity index (χ1n) is 6.10. The van der Waals surface area contributed by atoms with E-state index in [0.717, 1.165) is 11.3 Å². The van der Waals surface area contributed by atoms with E-state index in [9.17, 15) is 4.39 Å². The number of nitrogens with one attached hydrogen (secondary N) is 1. The number of rotatable bonds is 5. The van der Waals surface area contributed by atoms with Gasteiger partial charge in [0.05, 0.1) is 6.04 Å². The first-order valence-corrected chi connectivity index (χ1v) is 7.08. The molecule has 0 aromatic heterocycles. The van der Waals surface area contributed by atoms with Crippen LogP contribution < -0.4 is 11.3 Å². The van der Waals surface area contributed by atoms with Crippen LogP contribution in [-0.4, -0.2) is 5.75 Å². The third-order valence-electron chi connectivity index (χ3n) is 2.91. The zero-order chi connectivity index (χ0) is 13.7. The van der Waals surface area contributed by atoms with Gasteiger partial charge in [-0.1, -0.05) is 29.8 Å². The van der Waals surface area contributed by atoms with E-state index >= 15 is 0 Å². The van der Waals surface area contributed by atoms with Crippen molar-refractivity contribution in [2.45, 2.75) is 17.9 Å². The maximum absolute atomic E-state index is 12.9. The van der Waals surface area contributed by atoms with Gasteiger partial charge in [0.1, 0.15) is 5.82 Å². The summed E-state index contributed by atoms with van der Waals surface area (Å²) in [6.07, 6.45) is 0. The molecule has 0 radical (unpaired) electrons. The molecule has 0 amide bonds. The Kier molecular flexibility index (Phi) is 4.96. The number of hydrogen-bond acceptors (Lipinski definition) is 3. The van der Waals surface area contributed by atoms with Crippen LogP contribution in [0.25, 0.3) is 0 Å². The number of nitrogens with two attached hydrogens (primary N) is 1. The molecule has 0 saturated carbocycles. The SMILES string of the molecule is Cc1ccc(SCC(NN)c2ccc(F)cc2)cc1. The van der Waals surface area contributed by atoms with E-state index in [1.54, 1.807) is 23.9 Å². The second kappa shape index (κ2) is 6.70. The molecule has 2 rings (SSSR count). The maximum Gasteiger partial charge on any atom is 0.123 e. The van der Waals surface area contributed by atoms with Crippen molar-refractivity contribution in [2.75, 3.05) is 5.75 Å². The van der Waals surface area contributed by atoms with E-state index in [0.29, 0.717) is 0 Å². The van der Waals surface area contributed by atoms with Crippen molar-refractivity contribution < 1.29 is 4.39 Å². The lowest BCUT2D eigenvalue weighted by Crippen LogP contribution is -2.29. The van der Waals surface area contributed by atoms with Crippen molar-refractivity contribution in [1.82, 2.24) is 5.43 Å². The van der Waals surface area contributed by atoms with Crippen LogP contribution in [0.3, 0.4) is 0 Å². The minimum absolute atomic E-state index is 0.00639. The van der Waals surface area contributed by atoms with E-state index in [-0.39, 0.29) is 11.9 Å². The second-order valence-electron chi connectivity index (χ2n) is 4.39. The summed E-state index contributed by atoms with van der Waals surface area (Å²) in [6.45, 7) is 2.07. The molecule has 100 valence electrons. The summed E-state index contributed by atoms with van der Waals surface area (Å²) < 4.78 is 12.9. The van der Waals surface area contributed by atoms with Gasteiger partial charge >= 0.3 is 0 Å². The predicted molar refractivity (Wildman–Crippen MR) is 78.4 cm³/mol. The average molecular weight is 276 g/mol. The summed E-state index contributed by atoms with van der Waals surface area (Å²) in [5.41, 5.74) is 5.01. The lowest BCUT2D eigenvalue weighted by molar-refractivity contribution is 0.601. The molecular weight excluding hydrogens is 259 g/mol. The minimum atomic E-state index is -0.231. The quantitative estimate of drug-likeness (QED) is 0.499.